The topological polar surface area (TPSA) is 82.4 Å². The minimum absolute atomic E-state index is 0.250. The molecule has 0 radical (unpaired) electrons. The molecular weight excluding hydrogens is 507 g/mol. The smallest absolute Gasteiger partial charge is 0.142 e. The van der Waals surface area contributed by atoms with E-state index in [0.29, 0.717) is 13.1 Å². The van der Waals surface area contributed by atoms with E-state index in [4.69, 9.17) is 4.74 Å². The molecule has 206 valence electrons. The molecule has 4 heterocycles. The van der Waals surface area contributed by atoms with E-state index in [1.807, 2.05) is 42.5 Å². The van der Waals surface area contributed by atoms with E-state index in [-0.39, 0.29) is 11.9 Å². The molecule has 0 amide bonds. The van der Waals surface area contributed by atoms with Gasteiger partial charge in [-0.15, -0.1) is 0 Å². The maximum Gasteiger partial charge on any atom is 0.142 e. The Bertz CT molecular complexity index is 1620. The number of aromatic amines is 1. The maximum absolute atomic E-state index is 13.6. The number of aliphatic hydroxyl groups excluding tert-OH is 1. The fourth-order valence-corrected chi connectivity index (χ4v) is 5.48. The first-order valence-electron chi connectivity index (χ1n) is 13.5. The first-order valence-corrected chi connectivity index (χ1v) is 13.5. The largest absolute Gasteiger partial charge is 0.495 e. The van der Waals surface area contributed by atoms with Gasteiger partial charge in [-0.2, -0.15) is 5.10 Å². The molecular formula is C31H33FN6O2. The van der Waals surface area contributed by atoms with Crippen LogP contribution in [0, 0.1) is 5.82 Å². The van der Waals surface area contributed by atoms with Crippen molar-refractivity contribution in [3.63, 3.8) is 0 Å². The quantitative estimate of drug-likeness (QED) is 0.295. The number of β-amino-alcohol motifs (C(OH)–C–C–N with tert-alkyl or cyclic N) is 1. The lowest BCUT2D eigenvalue weighted by atomic mass is 10.0. The molecule has 1 fully saturated rings. The molecule has 1 aliphatic rings. The Morgan fingerprint density at radius 2 is 1.88 bits per heavy atom. The predicted molar refractivity (Wildman–Crippen MR) is 155 cm³/mol. The standard InChI is InChI=1S/C31H33FN6O2/c1-21(39)18-36-8-10-37(11-9-36)29-7-6-23(14-30(29)40-2)24-13-27-28(17-34-31(27)33-15-24)25-16-35-38(20-25)19-22-4-3-5-26(32)12-22/h3-7,12-17,20-21,39H,8-11,18-19H2,1-2H3,(H,33,34). The first-order chi connectivity index (χ1) is 19.5. The third kappa shape index (κ3) is 5.43. The van der Waals surface area contributed by atoms with E-state index >= 15 is 0 Å². The minimum atomic E-state index is -0.316. The van der Waals surface area contributed by atoms with Gasteiger partial charge in [-0.25, -0.2) is 9.37 Å². The number of fused-ring (bicyclic) bond motifs is 1. The van der Waals surface area contributed by atoms with E-state index in [1.54, 1.807) is 13.2 Å². The van der Waals surface area contributed by atoms with Gasteiger partial charge in [-0.05, 0) is 48.4 Å². The van der Waals surface area contributed by atoms with E-state index < -0.39 is 0 Å². The van der Waals surface area contributed by atoms with Crippen molar-refractivity contribution in [2.45, 2.75) is 19.6 Å². The average molecular weight is 541 g/mol. The third-order valence-electron chi connectivity index (χ3n) is 7.46. The van der Waals surface area contributed by atoms with Crippen LogP contribution in [0.2, 0.25) is 0 Å². The number of halogens is 1. The summed E-state index contributed by atoms with van der Waals surface area (Å²) in [6, 6.07) is 15.0. The molecule has 0 saturated carbocycles. The third-order valence-corrected chi connectivity index (χ3v) is 7.46. The summed E-state index contributed by atoms with van der Waals surface area (Å²) in [7, 11) is 1.71. The lowest BCUT2D eigenvalue weighted by Gasteiger charge is -2.37. The fourth-order valence-electron chi connectivity index (χ4n) is 5.48. The van der Waals surface area contributed by atoms with E-state index in [0.717, 1.165) is 76.5 Å². The highest BCUT2D eigenvalue weighted by Crippen LogP contribution is 2.36. The van der Waals surface area contributed by atoms with Crippen molar-refractivity contribution < 1.29 is 14.2 Å². The normalized spacial score (nSPS) is 15.1. The molecule has 9 heteroatoms. The Kier molecular flexibility index (Phi) is 7.23. The molecule has 8 nitrogen and oxygen atoms in total. The number of hydrogen-bond acceptors (Lipinski definition) is 6. The Hall–Kier alpha value is -4.21. The van der Waals surface area contributed by atoms with Crippen LogP contribution < -0.4 is 9.64 Å². The van der Waals surface area contributed by atoms with Crippen LogP contribution in [0.4, 0.5) is 10.1 Å². The number of aromatic nitrogens is 4. The van der Waals surface area contributed by atoms with Gasteiger partial charge < -0.3 is 19.7 Å². The van der Waals surface area contributed by atoms with Gasteiger partial charge in [0.05, 0.1) is 31.6 Å². The summed E-state index contributed by atoms with van der Waals surface area (Å²) in [6.07, 6.45) is 7.31. The number of nitrogens with one attached hydrogen (secondary N) is 1. The van der Waals surface area contributed by atoms with Gasteiger partial charge in [0.2, 0.25) is 0 Å². The van der Waals surface area contributed by atoms with Crippen molar-refractivity contribution in [3.8, 4) is 28.0 Å². The van der Waals surface area contributed by atoms with Crippen LogP contribution in [0.1, 0.15) is 12.5 Å². The van der Waals surface area contributed by atoms with E-state index in [9.17, 15) is 9.50 Å². The molecule has 40 heavy (non-hydrogen) atoms. The van der Waals surface area contributed by atoms with Crippen molar-refractivity contribution >= 4 is 16.7 Å². The predicted octanol–water partition coefficient (Wildman–Crippen LogP) is 4.79. The van der Waals surface area contributed by atoms with Gasteiger partial charge >= 0.3 is 0 Å². The number of anilines is 1. The van der Waals surface area contributed by atoms with Crippen LogP contribution in [0.3, 0.4) is 0 Å². The lowest BCUT2D eigenvalue weighted by Crippen LogP contribution is -2.48. The highest BCUT2D eigenvalue weighted by atomic mass is 19.1. The van der Waals surface area contributed by atoms with Gasteiger partial charge in [0.25, 0.3) is 0 Å². The summed E-state index contributed by atoms with van der Waals surface area (Å²) in [6.45, 7) is 6.61. The monoisotopic (exact) mass is 540 g/mol. The van der Waals surface area contributed by atoms with Gasteiger partial charge in [0.15, 0.2) is 0 Å². The summed E-state index contributed by atoms with van der Waals surface area (Å²) in [5, 5.41) is 15.2. The number of piperazine rings is 1. The fraction of sp³-hybridized carbons (Fsp3) is 0.290. The molecule has 6 rings (SSSR count). The molecule has 2 aromatic carbocycles. The first kappa shape index (κ1) is 26.0. The zero-order valence-electron chi connectivity index (χ0n) is 22.7. The molecule has 0 aliphatic carbocycles. The van der Waals surface area contributed by atoms with Gasteiger partial charge in [0.1, 0.15) is 17.2 Å². The molecule has 0 bridgehead atoms. The molecule has 5 aromatic rings. The summed E-state index contributed by atoms with van der Waals surface area (Å²) in [5.74, 6) is 0.578. The second-order valence-electron chi connectivity index (χ2n) is 10.4. The van der Waals surface area contributed by atoms with Crippen molar-refractivity contribution in [1.29, 1.82) is 0 Å². The number of methoxy groups -OCH3 is 1. The molecule has 0 spiro atoms. The summed E-state index contributed by atoms with van der Waals surface area (Å²) >= 11 is 0. The highest BCUT2D eigenvalue weighted by Gasteiger charge is 2.21. The number of nitrogens with zero attached hydrogens (tertiary/aromatic N) is 5. The molecule has 1 saturated heterocycles. The Labute approximate surface area is 232 Å². The molecule has 2 N–H and O–H groups in total. The van der Waals surface area contributed by atoms with Crippen LogP contribution >= 0.6 is 0 Å². The molecule has 1 unspecified atom stereocenters. The zero-order valence-corrected chi connectivity index (χ0v) is 22.7. The Balaban J connectivity index is 1.24. The highest BCUT2D eigenvalue weighted by molar-refractivity contribution is 5.95. The van der Waals surface area contributed by atoms with Gasteiger partial charge in [0, 0.05) is 73.4 Å². The number of pyridine rings is 1. The second-order valence-corrected chi connectivity index (χ2v) is 10.4. The number of H-pyrrole nitrogens is 1. The summed E-state index contributed by atoms with van der Waals surface area (Å²) in [4.78, 5) is 12.6. The lowest BCUT2D eigenvalue weighted by molar-refractivity contribution is 0.122. The van der Waals surface area contributed by atoms with Crippen molar-refractivity contribution in [1.82, 2.24) is 24.6 Å². The molecule has 1 atom stereocenters. The van der Waals surface area contributed by atoms with Crippen molar-refractivity contribution in [2.24, 2.45) is 0 Å². The summed E-state index contributed by atoms with van der Waals surface area (Å²) < 4.78 is 21.2. The number of aliphatic hydroxyl groups is 1. The average Bonchev–Trinajstić information content (AvgIpc) is 3.59. The van der Waals surface area contributed by atoms with Gasteiger partial charge in [-0.1, -0.05) is 18.2 Å². The van der Waals surface area contributed by atoms with Crippen molar-refractivity contribution in [2.75, 3.05) is 44.7 Å². The molecule has 3 aromatic heterocycles. The van der Waals surface area contributed by atoms with Crippen molar-refractivity contribution in [3.05, 3.63) is 84.7 Å². The molecule has 1 aliphatic heterocycles. The van der Waals surface area contributed by atoms with Crippen LogP contribution in [-0.2, 0) is 6.54 Å². The Morgan fingerprint density at radius 3 is 2.65 bits per heavy atom. The number of benzene rings is 2. The van der Waals surface area contributed by atoms with Crippen LogP contribution in [0.25, 0.3) is 33.3 Å². The number of ether oxygens (including phenoxy) is 1. The Morgan fingerprint density at radius 1 is 1.02 bits per heavy atom. The van der Waals surface area contributed by atoms with Crippen LogP contribution in [0.5, 0.6) is 5.75 Å². The van der Waals surface area contributed by atoms with Crippen LogP contribution in [0.15, 0.2) is 73.3 Å². The SMILES string of the molecule is COc1cc(-c2cnc3[nH]cc(-c4cnn(Cc5cccc(F)c5)c4)c3c2)ccc1N1CCN(CC(C)O)CC1. The van der Waals surface area contributed by atoms with E-state index in [2.05, 4.69) is 49.1 Å². The van der Waals surface area contributed by atoms with Crippen LogP contribution in [-0.4, -0.2) is 75.7 Å². The second kappa shape index (κ2) is 11.1. The van der Waals surface area contributed by atoms with Gasteiger partial charge in [-0.3, -0.25) is 9.58 Å². The summed E-state index contributed by atoms with van der Waals surface area (Å²) in [5.41, 5.74) is 6.72. The minimum Gasteiger partial charge on any atom is -0.495 e. The van der Waals surface area contributed by atoms with E-state index in [1.165, 1.54) is 12.1 Å². The number of rotatable bonds is 8. The maximum atomic E-state index is 13.6. The number of hydrogen-bond donors (Lipinski definition) is 2. The zero-order chi connectivity index (χ0) is 27.6.